The first-order valence-corrected chi connectivity index (χ1v) is 8.76. The first-order chi connectivity index (χ1) is 12.7. The molecule has 1 aromatic heterocycles. The Hall–Kier alpha value is -2.95. The first-order valence-electron chi connectivity index (χ1n) is 8.76. The summed E-state index contributed by atoms with van der Waals surface area (Å²) in [4.78, 5) is 15.4. The predicted octanol–water partition coefficient (Wildman–Crippen LogP) is 4.29. The topological polar surface area (TPSA) is 60.6 Å². The number of aromatic amines is 1. The molecule has 0 saturated heterocycles. The Morgan fingerprint density at radius 2 is 1.81 bits per heavy atom. The van der Waals surface area contributed by atoms with Crippen LogP contribution in [0.15, 0.2) is 53.3 Å². The van der Waals surface area contributed by atoms with Gasteiger partial charge in [-0.05, 0) is 24.1 Å². The molecule has 2 aromatic carbocycles. The van der Waals surface area contributed by atoms with Gasteiger partial charge in [-0.25, -0.2) is 0 Å². The molecular weight excluding hydrogens is 330 g/mol. The third-order valence-electron chi connectivity index (χ3n) is 4.10. The van der Waals surface area contributed by atoms with E-state index in [1.807, 2.05) is 42.5 Å². The second-order valence-electron chi connectivity index (χ2n) is 6.00. The normalized spacial score (nSPS) is 10.7. The molecule has 0 radical (unpaired) electrons. The van der Waals surface area contributed by atoms with Gasteiger partial charge >= 0.3 is 0 Å². The van der Waals surface area contributed by atoms with Crippen LogP contribution in [-0.2, 0) is 6.61 Å². The van der Waals surface area contributed by atoms with Crippen LogP contribution >= 0.6 is 0 Å². The lowest BCUT2D eigenvalue weighted by Crippen LogP contribution is -2.14. The molecule has 5 nitrogen and oxygen atoms in total. The minimum Gasteiger partial charge on any atom is -0.497 e. The van der Waals surface area contributed by atoms with Crippen molar-refractivity contribution in [1.82, 2.24) is 4.98 Å². The van der Waals surface area contributed by atoms with E-state index in [0.717, 1.165) is 23.8 Å². The van der Waals surface area contributed by atoms with Crippen LogP contribution in [0.5, 0.6) is 17.2 Å². The number of fused-ring (bicyclic) bond motifs is 1. The van der Waals surface area contributed by atoms with Crippen LogP contribution in [0.1, 0.15) is 25.3 Å². The maximum atomic E-state index is 12.6. The van der Waals surface area contributed by atoms with Crippen LogP contribution in [0.4, 0.5) is 0 Å². The minimum absolute atomic E-state index is 0.229. The van der Waals surface area contributed by atoms with E-state index in [1.165, 1.54) is 0 Å². The van der Waals surface area contributed by atoms with E-state index in [4.69, 9.17) is 14.2 Å². The zero-order valence-corrected chi connectivity index (χ0v) is 15.1. The van der Waals surface area contributed by atoms with E-state index in [9.17, 15) is 4.79 Å². The first kappa shape index (κ1) is 17.9. The van der Waals surface area contributed by atoms with Crippen molar-refractivity contribution in [3.8, 4) is 17.2 Å². The van der Waals surface area contributed by atoms with E-state index in [-0.39, 0.29) is 11.3 Å². The molecule has 3 rings (SSSR count). The number of hydrogen-bond donors (Lipinski definition) is 1. The molecule has 0 unspecified atom stereocenters. The number of pyridine rings is 1. The predicted molar refractivity (Wildman–Crippen MR) is 102 cm³/mol. The largest absolute Gasteiger partial charge is 0.497 e. The highest BCUT2D eigenvalue weighted by atomic mass is 16.5. The van der Waals surface area contributed by atoms with E-state index in [1.54, 1.807) is 13.2 Å². The van der Waals surface area contributed by atoms with Crippen LogP contribution in [-0.4, -0.2) is 18.7 Å². The van der Waals surface area contributed by atoms with Crippen molar-refractivity contribution < 1.29 is 14.2 Å². The summed E-state index contributed by atoms with van der Waals surface area (Å²) in [6.07, 6.45) is 1.86. The summed E-state index contributed by atoms with van der Waals surface area (Å²) in [5.74, 6) is 1.36. The van der Waals surface area contributed by atoms with Crippen molar-refractivity contribution >= 4 is 10.9 Å². The van der Waals surface area contributed by atoms with Crippen molar-refractivity contribution in [2.75, 3.05) is 13.7 Å². The van der Waals surface area contributed by atoms with Gasteiger partial charge < -0.3 is 19.2 Å². The molecule has 26 heavy (non-hydrogen) atoms. The molecule has 1 heterocycles. The monoisotopic (exact) mass is 353 g/mol. The van der Waals surface area contributed by atoms with E-state index < -0.39 is 0 Å². The highest BCUT2D eigenvalue weighted by Gasteiger charge is 2.16. The molecular formula is C21H23NO4. The molecule has 5 heteroatoms. The minimum atomic E-state index is -0.301. The maximum Gasteiger partial charge on any atom is 0.294 e. The summed E-state index contributed by atoms with van der Waals surface area (Å²) in [6.45, 7) is 2.91. The number of methoxy groups -OCH3 is 1. The van der Waals surface area contributed by atoms with Gasteiger partial charge in [0.15, 0.2) is 5.75 Å². The Bertz CT molecular complexity index is 918. The average molecular weight is 353 g/mol. The number of ether oxygens (including phenoxy) is 3. The molecule has 0 spiro atoms. The average Bonchev–Trinajstić information content (AvgIpc) is 2.67. The summed E-state index contributed by atoms with van der Waals surface area (Å²) in [7, 11) is 1.59. The standard InChI is InChI=1S/C21H23NO4/c1-3-4-12-25-20-19(26-14-15-8-6-5-7-9-15)17-11-10-16(24-2)13-18(17)22-21(20)23/h5-11,13H,3-4,12,14H2,1-2H3,(H,22,23). The molecule has 0 atom stereocenters. The van der Waals surface area contributed by atoms with Crippen molar-refractivity contribution in [2.24, 2.45) is 0 Å². The van der Waals surface area contributed by atoms with E-state index >= 15 is 0 Å². The van der Waals surface area contributed by atoms with Gasteiger partial charge in [-0.3, -0.25) is 4.79 Å². The Morgan fingerprint density at radius 3 is 2.54 bits per heavy atom. The van der Waals surface area contributed by atoms with Gasteiger partial charge in [-0.15, -0.1) is 0 Å². The fraction of sp³-hybridized carbons (Fsp3) is 0.286. The third-order valence-corrected chi connectivity index (χ3v) is 4.10. The summed E-state index contributed by atoms with van der Waals surface area (Å²) in [5, 5.41) is 0.785. The summed E-state index contributed by atoms with van der Waals surface area (Å²) in [5.41, 5.74) is 1.37. The summed E-state index contributed by atoms with van der Waals surface area (Å²) in [6, 6.07) is 15.3. The van der Waals surface area contributed by atoms with Gasteiger partial charge in [-0.1, -0.05) is 43.7 Å². The zero-order chi connectivity index (χ0) is 18.4. The Balaban J connectivity index is 2.01. The second kappa shape index (κ2) is 8.43. The van der Waals surface area contributed by atoms with Crippen molar-refractivity contribution in [1.29, 1.82) is 0 Å². The van der Waals surface area contributed by atoms with Gasteiger partial charge in [-0.2, -0.15) is 0 Å². The fourth-order valence-electron chi connectivity index (χ4n) is 2.68. The van der Waals surface area contributed by atoms with Crippen molar-refractivity contribution in [3.63, 3.8) is 0 Å². The van der Waals surface area contributed by atoms with Crippen molar-refractivity contribution in [3.05, 3.63) is 64.4 Å². The van der Waals surface area contributed by atoms with Crippen LogP contribution in [0.2, 0.25) is 0 Å². The van der Waals surface area contributed by atoms with Crippen LogP contribution < -0.4 is 19.8 Å². The van der Waals surface area contributed by atoms with Gasteiger partial charge in [0.25, 0.3) is 5.56 Å². The fourth-order valence-corrected chi connectivity index (χ4v) is 2.68. The molecule has 0 saturated carbocycles. The lowest BCUT2D eigenvalue weighted by atomic mass is 10.2. The summed E-state index contributed by atoms with van der Waals surface area (Å²) < 4.78 is 17.0. The number of H-pyrrole nitrogens is 1. The number of nitrogens with one attached hydrogen (secondary N) is 1. The number of benzene rings is 2. The molecule has 0 aliphatic rings. The SMILES string of the molecule is CCCCOc1c(OCc2ccccc2)c2ccc(OC)cc2[nH]c1=O. The number of unbranched alkanes of at least 4 members (excludes halogenated alkanes) is 1. The highest BCUT2D eigenvalue weighted by molar-refractivity contribution is 5.88. The Kier molecular flexibility index (Phi) is 5.79. The van der Waals surface area contributed by atoms with Crippen molar-refractivity contribution in [2.45, 2.75) is 26.4 Å². The third kappa shape index (κ3) is 3.99. The molecule has 0 amide bonds. The smallest absolute Gasteiger partial charge is 0.294 e. The lowest BCUT2D eigenvalue weighted by molar-refractivity contribution is 0.258. The quantitative estimate of drug-likeness (QED) is 0.614. The molecule has 0 fully saturated rings. The molecule has 0 bridgehead atoms. The second-order valence-corrected chi connectivity index (χ2v) is 6.00. The summed E-state index contributed by atoms with van der Waals surface area (Å²) >= 11 is 0. The van der Waals surface area contributed by atoms with E-state index in [0.29, 0.717) is 30.2 Å². The Labute approximate surface area is 152 Å². The molecule has 0 aliphatic heterocycles. The number of rotatable bonds is 8. The van der Waals surface area contributed by atoms with E-state index in [2.05, 4.69) is 11.9 Å². The lowest BCUT2D eigenvalue weighted by Gasteiger charge is -2.15. The van der Waals surface area contributed by atoms with Gasteiger partial charge in [0, 0.05) is 11.5 Å². The molecule has 0 aliphatic carbocycles. The van der Waals surface area contributed by atoms with Crippen LogP contribution in [0.3, 0.4) is 0 Å². The number of hydrogen-bond acceptors (Lipinski definition) is 4. The zero-order valence-electron chi connectivity index (χ0n) is 15.1. The molecule has 3 aromatic rings. The number of aromatic nitrogens is 1. The van der Waals surface area contributed by atoms with Crippen LogP contribution in [0, 0.1) is 0 Å². The highest BCUT2D eigenvalue weighted by Crippen LogP contribution is 2.34. The maximum absolute atomic E-state index is 12.6. The Morgan fingerprint density at radius 1 is 1.00 bits per heavy atom. The van der Waals surface area contributed by atoms with Gasteiger partial charge in [0.2, 0.25) is 5.75 Å². The molecule has 1 N–H and O–H groups in total. The van der Waals surface area contributed by atoms with Gasteiger partial charge in [0.05, 0.1) is 19.2 Å². The van der Waals surface area contributed by atoms with Gasteiger partial charge in [0.1, 0.15) is 12.4 Å². The molecule has 136 valence electrons. The van der Waals surface area contributed by atoms with Crippen LogP contribution in [0.25, 0.3) is 10.9 Å².